The molecule has 0 unspecified atom stereocenters. The molecule has 0 saturated carbocycles. The number of fused-ring (bicyclic) bond motifs is 1. The summed E-state index contributed by atoms with van der Waals surface area (Å²) in [6.45, 7) is 0. The van der Waals surface area contributed by atoms with Gasteiger partial charge < -0.3 is 19.2 Å². The van der Waals surface area contributed by atoms with Gasteiger partial charge in [-0.05, 0) is 70.5 Å². The first-order valence-corrected chi connectivity index (χ1v) is 10.0. The number of ether oxygens (including phenoxy) is 2. The normalized spacial score (nSPS) is 10.8. The molecule has 4 aromatic rings. The standard InChI is InChI=1S/C22H16BrClN2O4/c1-28-18-6-3-12(9-15(18)23)21(27)25-14-5-8-20-17(11-14)26-22(30-20)13-4-7-19(29-2)16(24)10-13/h3-11H,1-2H3,(H,25,27). The molecule has 3 aromatic carbocycles. The smallest absolute Gasteiger partial charge is 0.255 e. The van der Waals surface area contributed by atoms with Gasteiger partial charge in [-0.2, -0.15) is 0 Å². The van der Waals surface area contributed by atoms with Crippen LogP contribution in [0.2, 0.25) is 5.02 Å². The summed E-state index contributed by atoms with van der Waals surface area (Å²) in [6.07, 6.45) is 0. The number of methoxy groups -OCH3 is 2. The van der Waals surface area contributed by atoms with Gasteiger partial charge in [0.25, 0.3) is 5.91 Å². The molecule has 152 valence electrons. The van der Waals surface area contributed by atoms with Crippen LogP contribution in [0.1, 0.15) is 10.4 Å². The summed E-state index contributed by atoms with van der Waals surface area (Å²) in [5.74, 6) is 1.41. The molecule has 0 fully saturated rings. The molecule has 1 aromatic heterocycles. The molecular weight excluding hydrogens is 472 g/mol. The number of halogens is 2. The summed E-state index contributed by atoms with van der Waals surface area (Å²) in [5, 5.41) is 3.34. The number of carbonyl (C=O) groups excluding carboxylic acids is 1. The molecule has 4 rings (SSSR count). The fraction of sp³-hybridized carbons (Fsp3) is 0.0909. The summed E-state index contributed by atoms with van der Waals surface area (Å²) in [6, 6.07) is 15.7. The highest BCUT2D eigenvalue weighted by molar-refractivity contribution is 9.10. The second-order valence-electron chi connectivity index (χ2n) is 6.35. The summed E-state index contributed by atoms with van der Waals surface area (Å²) in [4.78, 5) is 17.1. The molecule has 0 aliphatic carbocycles. The Bertz CT molecular complexity index is 1260. The number of hydrogen-bond donors (Lipinski definition) is 1. The molecule has 0 spiro atoms. The highest BCUT2D eigenvalue weighted by Gasteiger charge is 2.13. The maximum absolute atomic E-state index is 12.6. The number of nitrogens with one attached hydrogen (secondary N) is 1. The van der Waals surface area contributed by atoms with Gasteiger partial charge in [-0.25, -0.2) is 4.98 Å². The van der Waals surface area contributed by atoms with E-state index in [2.05, 4.69) is 26.2 Å². The Labute approximate surface area is 185 Å². The zero-order valence-corrected chi connectivity index (χ0v) is 18.4. The molecule has 30 heavy (non-hydrogen) atoms. The minimum absolute atomic E-state index is 0.247. The Morgan fingerprint density at radius 2 is 1.80 bits per heavy atom. The van der Waals surface area contributed by atoms with Crippen LogP contribution in [-0.4, -0.2) is 25.1 Å². The van der Waals surface area contributed by atoms with Crippen molar-refractivity contribution in [2.75, 3.05) is 19.5 Å². The van der Waals surface area contributed by atoms with Crippen molar-refractivity contribution < 1.29 is 18.7 Å². The van der Waals surface area contributed by atoms with Gasteiger partial charge in [-0.1, -0.05) is 11.6 Å². The number of aromatic nitrogens is 1. The van der Waals surface area contributed by atoms with Crippen molar-refractivity contribution in [2.24, 2.45) is 0 Å². The number of benzene rings is 3. The first-order chi connectivity index (χ1) is 14.5. The Balaban J connectivity index is 1.58. The largest absolute Gasteiger partial charge is 0.496 e. The van der Waals surface area contributed by atoms with Gasteiger partial charge in [-0.3, -0.25) is 4.79 Å². The lowest BCUT2D eigenvalue weighted by Crippen LogP contribution is -2.11. The summed E-state index contributed by atoms with van der Waals surface area (Å²) in [7, 11) is 3.13. The Hall–Kier alpha value is -3.03. The third-order valence-corrected chi connectivity index (χ3v) is 5.37. The van der Waals surface area contributed by atoms with E-state index in [0.717, 1.165) is 5.56 Å². The molecule has 8 heteroatoms. The van der Waals surface area contributed by atoms with Crippen LogP contribution in [0, 0.1) is 0 Å². The lowest BCUT2D eigenvalue weighted by atomic mass is 10.2. The number of carbonyl (C=O) groups is 1. The molecule has 0 atom stereocenters. The highest BCUT2D eigenvalue weighted by Crippen LogP contribution is 2.32. The van der Waals surface area contributed by atoms with Crippen molar-refractivity contribution >= 4 is 50.2 Å². The van der Waals surface area contributed by atoms with Gasteiger partial charge in [0.1, 0.15) is 17.0 Å². The summed E-state index contributed by atoms with van der Waals surface area (Å²) < 4.78 is 16.9. The predicted molar refractivity (Wildman–Crippen MR) is 120 cm³/mol. The van der Waals surface area contributed by atoms with Crippen LogP contribution in [0.25, 0.3) is 22.6 Å². The Morgan fingerprint density at radius 3 is 2.50 bits per heavy atom. The van der Waals surface area contributed by atoms with Crippen LogP contribution >= 0.6 is 27.5 Å². The minimum atomic E-state index is -0.247. The van der Waals surface area contributed by atoms with E-state index in [1.807, 2.05) is 6.07 Å². The summed E-state index contributed by atoms with van der Waals surface area (Å²) in [5.41, 5.74) is 3.04. The van der Waals surface area contributed by atoms with Crippen LogP contribution in [-0.2, 0) is 0 Å². The summed E-state index contributed by atoms with van der Waals surface area (Å²) >= 11 is 9.58. The van der Waals surface area contributed by atoms with Gasteiger partial charge >= 0.3 is 0 Å². The molecule has 0 aliphatic heterocycles. The van der Waals surface area contributed by atoms with Crippen LogP contribution in [0.5, 0.6) is 11.5 Å². The third-order valence-electron chi connectivity index (χ3n) is 4.46. The third kappa shape index (κ3) is 3.99. The molecule has 1 heterocycles. The molecule has 6 nitrogen and oxygen atoms in total. The lowest BCUT2D eigenvalue weighted by molar-refractivity contribution is 0.102. The fourth-order valence-electron chi connectivity index (χ4n) is 2.94. The maximum Gasteiger partial charge on any atom is 0.255 e. The van der Waals surface area contributed by atoms with E-state index in [4.69, 9.17) is 25.5 Å². The van der Waals surface area contributed by atoms with Gasteiger partial charge in [0.15, 0.2) is 5.58 Å². The van der Waals surface area contributed by atoms with Crippen molar-refractivity contribution in [1.29, 1.82) is 0 Å². The number of amides is 1. The molecule has 1 N–H and O–H groups in total. The number of rotatable bonds is 5. The Kier molecular flexibility index (Phi) is 5.65. The number of hydrogen-bond acceptors (Lipinski definition) is 5. The van der Waals surface area contributed by atoms with E-state index in [9.17, 15) is 4.79 Å². The molecule has 1 amide bonds. The predicted octanol–water partition coefficient (Wildman–Crippen LogP) is 6.18. The van der Waals surface area contributed by atoms with Crippen molar-refractivity contribution in [3.63, 3.8) is 0 Å². The van der Waals surface area contributed by atoms with Gasteiger partial charge in [0.2, 0.25) is 5.89 Å². The quantitative estimate of drug-likeness (QED) is 0.364. The van der Waals surface area contributed by atoms with Crippen LogP contribution in [0.4, 0.5) is 5.69 Å². The average molecular weight is 488 g/mol. The molecule has 0 aliphatic rings. The second kappa shape index (κ2) is 8.38. The van der Waals surface area contributed by atoms with Crippen molar-refractivity contribution in [3.8, 4) is 23.0 Å². The van der Waals surface area contributed by atoms with Crippen molar-refractivity contribution in [3.05, 3.63) is 69.7 Å². The van der Waals surface area contributed by atoms with Crippen molar-refractivity contribution in [1.82, 2.24) is 4.98 Å². The number of oxazole rings is 1. The van der Waals surface area contributed by atoms with E-state index in [1.165, 1.54) is 0 Å². The zero-order chi connectivity index (χ0) is 21.3. The van der Waals surface area contributed by atoms with Crippen LogP contribution < -0.4 is 14.8 Å². The van der Waals surface area contributed by atoms with Gasteiger partial charge in [0.05, 0.1) is 23.7 Å². The average Bonchev–Trinajstić information content (AvgIpc) is 3.17. The van der Waals surface area contributed by atoms with Crippen molar-refractivity contribution in [2.45, 2.75) is 0 Å². The van der Waals surface area contributed by atoms with Gasteiger partial charge in [0, 0.05) is 16.8 Å². The van der Waals surface area contributed by atoms with Crippen LogP contribution in [0.3, 0.4) is 0 Å². The molecular formula is C22H16BrClN2O4. The first kappa shape index (κ1) is 20.3. The lowest BCUT2D eigenvalue weighted by Gasteiger charge is -2.07. The SMILES string of the molecule is COc1ccc(-c2nc3cc(NC(=O)c4ccc(OC)c(Br)c4)ccc3o2)cc1Cl. The minimum Gasteiger partial charge on any atom is -0.496 e. The first-order valence-electron chi connectivity index (χ1n) is 8.88. The van der Waals surface area contributed by atoms with Crippen LogP contribution in [0.15, 0.2) is 63.5 Å². The van der Waals surface area contributed by atoms with E-state index < -0.39 is 0 Å². The molecule has 0 saturated heterocycles. The van der Waals surface area contributed by atoms with Gasteiger partial charge in [-0.15, -0.1) is 0 Å². The molecule has 0 radical (unpaired) electrons. The molecule has 0 bridgehead atoms. The van der Waals surface area contributed by atoms with E-state index in [-0.39, 0.29) is 5.91 Å². The van der Waals surface area contributed by atoms with E-state index >= 15 is 0 Å². The monoisotopic (exact) mass is 486 g/mol. The fourth-order valence-corrected chi connectivity index (χ4v) is 3.74. The van der Waals surface area contributed by atoms with E-state index in [1.54, 1.807) is 62.8 Å². The Morgan fingerprint density at radius 1 is 1.03 bits per heavy atom. The maximum atomic E-state index is 12.6. The topological polar surface area (TPSA) is 73.6 Å². The van der Waals surface area contributed by atoms with E-state index in [0.29, 0.717) is 49.2 Å². The highest BCUT2D eigenvalue weighted by atomic mass is 79.9. The second-order valence-corrected chi connectivity index (χ2v) is 7.62. The number of anilines is 1. The zero-order valence-electron chi connectivity index (χ0n) is 16.0. The number of nitrogens with zero attached hydrogens (tertiary/aromatic N) is 1.